The molecule has 0 saturated heterocycles. The van der Waals surface area contributed by atoms with E-state index in [1.807, 2.05) is 31.2 Å². The van der Waals surface area contributed by atoms with Crippen LogP contribution in [-0.2, 0) is 0 Å². The Morgan fingerprint density at radius 3 is 2.65 bits per heavy atom. The summed E-state index contributed by atoms with van der Waals surface area (Å²) < 4.78 is 11.0. The van der Waals surface area contributed by atoms with E-state index in [4.69, 9.17) is 9.15 Å². The van der Waals surface area contributed by atoms with E-state index in [9.17, 15) is 0 Å². The number of methoxy groups -OCH3 is 1. The Bertz CT molecular complexity index is 515. The standard InChI is InChI=1S/C14H17NO2/c1-9(2)13-10(3)15-14(17-13)11-6-5-7-12(8-11)16-4/h5-9H,1-4H3. The third kappa shape index (κ3) is 2.33. The normalized spacial score (nSPS) is 10.9. The van der Waals surface area contributed by atoms with E-state index in [2.05, 4.69) is 18.8 Å². The van der Waals surface area contributed by atoms with Crippen molar-refractivity contribution in [3.63, 3.8) is 0 Å². The molecule has 0 saturated carbocycles. The molecule has 0 unspecified atom stereocenters. The highest BCUT2D eigenvalue weighted by Crippen LogP contribution is 2.28. The summed E-state index contributed by atoms with van der Waals surface area (Å²) in [5.41, 5.74) is 1.90. The molecular formula is C14H17NO2. The Morgan fingerprint density at radius 1 is 1.29 bits per heavy atom. The minimum Gasteiger partial charge on any atom is -0.497 e. The number of aryl methyl sites for hydroxylation is 1. The predicted octanol–water partition coefficient (Wildman–Crippen LogP) is 3.78. The molecular weight excluding hydrogens is 214 g/mol. The fraction of sp³-hybridized carbons (Fsp3) is 0.357. The van der Waals surface area contributed by atoms with Gasteiger partial charge >= 0.3 is 0 Å². The summed E-state index contributed by atoms with van der Waals surface area (Å²) in [5, 5.41) is 0. The van der Waals surface area contributed by atoms with E-state index in [1.165, 1.54) is 0 Å². The van der Waals surface area contributed by atoms with Gasteiger partial charge in [-0.05, 0) is 25.1 Å². The molecule has 2 aromatic rings. The zero-order valence-corrected chi connectivity index (χ0v) is 10.7. The smallest absolute Gasteiger partial charge is 0.226 e. The van der Waals surface area contributed by atoms with Crippen LogP contribution in [0, 0.1) is 6.92 Å². The molecule has 3 heteroatoms. The van der Waals surface area contributed by atoms with Gasteiger partial charge in [-0.3, -0.25) is 0 Å². The summed E-state index contributed by atoms with van der Waals surface area (Å²) in [6, 6.07) is 7.73. The number of aromatic nitrogens is 1. The van der Waals surface area contributed by atoms with Gasteiger partial charge in [-0.25, -0.2) is 4.98 Å². The van der Waals surface area contributed by atoms with Crippen LogP contribution in [0.1, 0.15) is 31.2 Å². The Kier molecular flexibility index (Phi) is 3.18. The predicted molar refractivity (Wildman–Crippen MR) is 67.3 cm³/mol. The van der Waals surface area contributed by atoms with Gasteiger partial charge in [-0.2, -0.15) is 0 Å². The number of rotatable bonds is 3. The van der Waals surface area contributed by atoms with Crippen LogP contribution in [0.25, 0.3) is 11.5 Å². The topological polar surface area (TPSA) is 35.3 Å². The highest BCUT2D eigenvalue weighted by atomic mass is 16.5. The minimum absolute atomic E-state index is 0.349. The first-order chi connectivity index (χ1) is 8.11. The van der Waals surface area contributed by atoms with Crippen LogP contribution >= 0.6 is 0 Å². The Balaban J connectivity index is 2.42. The lowest BCUT2D eigenvalue weighted by Gasteiger charge is -2.01. The molecule has 0 radical (unpaired) electrons. The molecule has 1 aromatic heterocycles. The van der Waals surface area contributed by atoms with Gasteiger partial charge < -0.3 is 9.15 Å². The molecule has 1 heterocycles. The Hall–Kier alpha value is -1.77. The van der Waals surface area contributed by atoms with Crippen LogP contribution in [-0.4, -0.2) is 12.1 Å². The maximum Gasteiger partial charge on any atom is 0.226 e. The number of benzene rings is 1. The molecule has 90 valence electrons. The summed E-state index contributed by atoms with van der Waals surface area (Å²) in [7, 11) is 1.65. The lowest BCUT2D eigenvalue weighted by atomic mass is 10.1. The van der Waals surface area contributed by atoms with E-state index >= 15 is 0 Å². The lowest BCUT2D eigenvalue weighted by Crippen LogP contribution is -1.86. The summed E-state index contributed by atoms with van der Waals surface area (Å²) in [5.74, 6) is 2.76. The van der Waals surface area contributed by atoms with Crippen molar-refractivity contribution in [2.45, 2.75) is 26.7 Å². The van der Waals surface area contributed by atoms with Gasteiger partial charge in [-0.15, -0.1) is 0 Å². The zero-order valence-electron chi connectivity index (χ0n) is 10.7. The SMILES string of the molecule is COc1cccc(-c2nc(C)c(C(C)C)o2)c1. The summed E-state index contributed by atoms with van der Waals surface area (Å²) >= 11 is 0. The van der Waals surface area contributed by atoms with Gasteiger partial charge in [0.25, 0.3) is 0 Å². The van der Waals surface area contributed by atoms with Gasteiger partial charge in [0.05, 0.1) is 12.8 Å². The Labute approximate surface area is 101 Å². The number of oxazole rings is 1. The van der Waals surface area contributed by atoms with E-state index in [-0.39, 0.29) is 0 Å². The van der Waals surface area contributed by atoms with Gasteiger partial charge in [0.1, 0.15) is 11.5 Å². The molecule has 0 atom stereocenters. The lowest BCUT2D eigenvalue weighted by molar-refractivity contribution is 0.414. The summed E-state index contributed by atoms with van der Waals surface area (Å²) in [4.78, 5) is 4.46. The molecule has 1 aromatic carbocycles. The van der Waals surface area contributed by atoms with Crippen LogP contribution in [0.2, 0.25) is 0 Å². The highest BCUT2D eigenvalue weighted by Gasteiger charge is 2.14. The van der Waals surface area contributed by atoms with Crippen molar-refractivity contribution in [1.29, 1.82) is 0 Å². The third-order valence-electron chi connectivity index (χ3n) is 2.67. The molecule has 0 spiro atoms. The molecule has 2 rings (SSSR count). The second-order valence-corrected chi connectivity index (χ2v) is 4.36. The largest absolute Gasteiger partial charge is 0.497 e. The van der Waals surface area contributed by atoms with Crippen molar-refractivity contribution in [3.05, 3.63) is 35.7 Å². The number of hydrogen-bond acceptors (Lipinski definition) is 3. The maximum absolute atomic E-state index is 5.79. The van der Waals surface area contributed by atoms with Crippen LogP contribution in [0.15, 0.2) is 28.7 Å². The van der Waals surface area contributed by atoms with Crippen molar-refractivity contribution < 1.29 is 9.15 Å². The van der Waals surface area contributed by atoms with Crippen LogP contribution in [0.4, 0.5) is 0 Å². The maximum atomic E-state index is 5.79. The average Bonchev–Trinajstić information content (AvgIpc) is 2.71. The fourth-order valence-electron chi connectivity index (χ4n) is 1.82. The molecule has 3 nitrogen and oxygen atoms in total. The van der Waals surface area contributed by atoms with Crippen molar-refractivity contribution in [3.8, 4) is 17.2 Å². The number of hydrogen-bond donors (Lipinski definition) is 0. The van der Waals surface area contributed by atoms with E-state index in [0.29, 0.717) is 11.8 Å². The molecule has 0 aliphatic carbocycles. The molecule has 0 bridgehead atoms. The summed E-state index contributed by atoms with van der Waals surface area (Å²) in [6.45, 7) is 6.17. The zero-order chi connectivity index (χ0) is 12.4. The first kappa shape index (κ1) is 11.7. The van der Waals surface area contributed by atoms with Crippen molar-refractivity contribution >= 4 is 0 Å². The van der Waals surface area contributed by atoms with E-state index in [0.717, 1.165) is 22.8 Å². The molecule has 0 amide bonds. The highest BCUT2D eigenvalue weighted by molar-refractivity contribution is 5.56. The van der Waals surface area contributed by atoms with E-state index in [1.54, 1.807) is 7.11 Å². The first-order valence-electron chi connectivity index (χ1n) is 5.73. The van der Waals surface area contributed by atoms with Gasteiger partial charge in [0.15, 0.2) is 0 Å². The van der Waals surface area contributed by atoms with Crippen LogP contribution in [0.3, 0.4) is 0 Å². The van der Waals surface area contributed by atoms with Crippen LogP contribution < -0.4 is 4.74 Å². The molecule has 17 heavy (non-hydrogen) atoms. The summed E-state index contributed by atoms with van der Waals surface area (Å²) in [6.07, 6.45) is 0. The number of nitrogens with zero attached hydrogens (tertiary/aromatic N) is 1. The number of ether oxygens (including phenoxy) is 1. The minimum atomic E-state index is 0.349. The van der Waals surface area contributed by atoms with E-state index < -0.39 is 0 Å². The third-order valence-corrected chi connectivity index (χ3v) is 2.67. The quantitative estimate of drug-likeness (QED) is 0.806. The fourth-order valence-corrected chi connectivity index (χ4v) is 1.82. The van der Waals surface area contributed by atoms with Crippen molar-refractivity contribution in [2.75, 3.05) is 7.11 Å². The monoisotopic (exact) mass is 231 g/mol. The Morgan fingerprint density at radius 2 is 2.06 bits per heavy atom. The average molecular weight is 231 g/mol. The second-order valence-electron chi connectivity index (χ2n) is 4.36. The second kappa shape index (κ2) is 4.62. The van der Waals surface area contributed by atoms with Gasteiger partial charge in [-0.1, -0.05) is 19.9 Å². The van der Waals surface area contributed by atoms with Gasteiger partial charge in [0, 0.05) is 11.5 Å². The molecule has 0 N–H and O–H groups in total. The van der Waals surface area contributed by atoms with Crippen molar-refractivity contribution in [2.24, 2.45) is 0 Å². The van der Waals surface area contributed by atoms with Gasteiger partial charge in [0.2, 0.25) is 5.89 Å². The molecule has 0 aliphatic heterocycles. The van der Waals surface area contributed by atoms with Crippen molar-refractivity contribution in [1.82, 2.24) is 4.98 Å². The molecule has 0 fully saturated rings. The first-order valence-corrected chi connectivity index (χ1v) is 5.73. The van der Waals surface area contributed by atoms with Crippen LogP contribution in [0.5, 0.6) is 5.75 Å². The molecule has 0 aliphatic rings.